The topological polar surface area (TPSA) is 134 Å². The number of ether oxygens (including phenoxy) is 1. The molecule has 0 heterocycles. The fourth-order valence-corrected chi connectivity index (χ4v) is 8.64. The molecule has 0 aliphatic heterocycles. The van der Waals surface area contributed by atoms with Crippen LogP contribution in [-0.4, -0.2) is 54.2 Å². The molecule has 2 aromatic carbocycles. The van der Waals surface area contributed by atoms with Crippen molar-refractivity contribution < 1.29 is 29.0 Å². The third-order valence-corrected chi connectivity index (χ3v) is 11.9. The van der Waals surface area contributed by atoms with Gasteiger partial charge in [-0.2, -0.15) is 0 Å². The van der Waals surface area contributed by atoms with Gasteiger partial charge in [0, 0.05) is 31.3 Å². The number of carbonyl (C=O) groups excluding carboxylic acids is 3. The molecule has 1 aliphatic rings. The number of alkyl carbamates (subject to hydrolysis) is 1. The van der Waals surface area contributed by atoms with Gasteiger partial charge < -0.3 is 25.8 Å². The molecular formula is C52H83N3O6. The maximum absolute atomic E-state index is 12.9. The van der Waals surface area contributed by atoms with Crippen LogP contribution in [0.1, 0.15) is 206 Å². The zero-order chi connectivity index (χ0) is 44.5. The summed E-state index contributed by atoms with van der Waals surface area (Å²) in [7, 11) is 0. The number of carboxylic acids is 1. The number of nitrogens with one attached hydrogen (secondary N) is 3. The molecule has 0 fully saturated rings. The lowest BCUT2D eigenvalue weighted by molar-refractivity contribution is -0.139. The molecule has 0 saturated heterocycles. The molecule has 0 aromatic heterocycles. The first-order valence-electron chi connectivity index (χ1n) is 24.0. The lowest BCUT2D eigenvalue weighted by Crippen LogP contribution is -2.41. The first-order chi connectivity index (χ1) is 29.1. The van der Waals surface area contributed by atoms with Crippen LogP contribution in [0.5, 0.6) is 0 Å². The molecule has 342 valence electrons. The Morgan fingerprint density at radius 1 is 0.590 bits per heavy atom. The summed E-state index contributed by atoms with van der Waals surface area (Å²) in [5, 5.41) is 18.4. The number of amides is 3. The number of carboxylic acid groups (broad SMARTS) is 1. The molecule has 9 nitrogen and oxygen atoms in total. The molecular weight excluding hydrogens is 763 g/mol. The molecule has 1 aliphatic carbocycles. The van der Waals surface area contributed by atoms with Crippen LogP contribution in [0.2, 0.25) is 0 Å². The van der Waals surface area contributed by atoms with Crippen molar-refractivity contribution >= 4 is 23.9 Å². The van der Waals surface area contributed by atoms with E-state index in [9.17, 15) is 24.3 Å². The first-order valence-corrected chi connectivity index (χ1v) is 24.0. The van der Waals surface area contributed by atoms with Gasteiger partial charge in [-0.05, 0) is 78.0 Å². The van der Waals surface area contributed by atoms with Crippen LogP contribution >= 0.6 is 0 Å². The van der Waals surface area contributed by atoms with Crippen molar-refractivity contribution in [1.82, 2.24) is 16.0 Å². The maximum Gasteiger partial charge on any atom is 0.407 e. The fraction of sp³-hybridized carbons (Fsp3) is 0.692. The van der Waals surface area contributed by atoms with Crippen molar-refractivity contribution in [3.8, 4) is 11.1 Å². The van der Waals surface area contributed by atoms with Gasteiger partial charge >= 0.3 is 12.1 Å². The summed E-state index contributed by atoms with van der Waals surface area (Å²) in [4.78, 5) is 50.3. The molecule has 0 radical (unpaired) electrons. The fourth-order valence-electron chi connectivity index (χ4n) is 8.64. The number of fused-ring (bicyclic) bond motifs is 3. The van der Waals surface area contributed by atoms with E-state index in [4.69, 9.17) is 4.74 Å². The number of unbranched alkanes of at least 4 members (excludes halogenated alkanes) is 15. The van der Waals surface area contributed by atoms with Crippen molar-refractivity contribution in [3.63, 3.8) is 0 Å². The molecule has 0 saturated carbocycles. The number of hydrogen-bond donors (Lipinski definition) is 4. The average Bonchev–Trinajstić information content (AvgIpc) is 3.52. The van der Waals surface area contributed by atoms with Gasteiger partial charge in [0.15, 0.2) is 0 Å². The Bertz CT molecular complexity index is 1550. The zero-order valence-electron chi connectivity index (χ0n) is 39.0. The molecule has 9 heteroatoms. The summed E-state index contributed by atoms with van der Waals surface area (Å²) >= 11 is 0. The summed E-state index contributed by atoms with van der Waals surface area (Å²) in [5.41, 5.74) is 4.90. The van der Waals surface area contributed by atoms with Crippen LogP contribution in [0, 0.1) is 10.8 Å². The quantitative estimate of drug-likeness (QED) is 0.0558. The minimum absolute atomic E-state index is 0.00859. The molecule has 2 aromatic rings. The Balaban J connectivity index is 1.21. The van der Waals surface area contributed by atoms with Crippen LogP contribution in [0.4, 0.5) is 4.79 Å². The van der Waals surface area contributed by atoms with E-state index in [2.05, 4.69) is 69.6 Å². The molecule has 3 amide bonds. The van der Waals surface area contributed by atoms with Gasteiger partial charge in [0.2, 0.25) is 11.8 Å². The predicted octanol–water partition coefficient (Wildman–Crippen LogP) is 12.6. The number of benzene rings is 2. The van der Waals surface area contributed by atoms with Gasteiger partial charge in [-0.15, -0.1) is 0 Å². The van der Waals surface area contributed by atoms with Crippen LogP contribution in [0.15, 0.2) is 48.5 Å². The van der Waals surface area contributed by atoms with E-state index in [1.807, 2.05) is 36.4 Å². The highest BCUT2D eigenvalue weighted by Crippen LogP contribution is 2.44. The van der Waals surface area contributed by atoms with Crippen molar-refractivity contribution in [1.29, 1.82) is 0 Å². The number of hydrogen-bond acceptors (Lipinski definition) is 5. The Kier molecular flexibility index (Phi) is 23.6. The van der Waals surface area contributed by atoms with Crippen molar-refractivity contribution in [2.45, 2.75) is 207 Å². The Hall–Kier alpha value is -3.88. The third-order valence-electron chi connectivity index (χ3n) is 11.9. The van der Waals surface area contributed by atoms with E-state index in [0.717, 1.165) is 41.5 Å². The average molecular weight is 846 g/mol. The third kappa shape index (κ3) is 22.2. The van der Waals surface area contributed by atoms with Crippen LogP contribution in [-0.2, 0) is 19.1 Å². The smallest absolute Gasteiger partial charge is 0.407 e. The molecule has 0 bridgehead atoms. The van der Waals surface area contributed by atoms with Gasteiger partial charge in [-0.1, -0.05) is 180 Å². The van der Waals surface area contributed by atoms with Crippen LogP contribution < -0.4 is 16.0 Å². The second kappa shape index (κ2) is 27.9. The van der Waals surface area contributed by atoms with E-state index in [-0.39, 0.29) is 42.2 Å². The predicted molar refractivity (Wildman–Crippen MR) is 250 cm³/mol. The minimum Gasteiger partial charge on any atom is -0.480 e. The van der Waals surface area contributed by atoms with Gasteiger partial charge in [-0.3, -0.25) is 9.59 Å². The second-order valence-electron chi connectivity index (χ2n) is 20.1. The first kappa shape index (κ1) is 51.5. The number of carbonyl (C=O) groups is 4. The van der Waals surface area contributed by atoms with E-state index in [0.29, 0.717) is 44.1 Å². The minimum atomic E-state index is -1.13. The van der Waals surface area contributed by atoms with E-state index < -0.39 is 18.1 Å². The van der Waals surface area contributed by atoms with Gasteiger partial charge in [-0.25, -0.2) is 9.59 Å². The highest BCUT2D eigenvalue weighted by atomic mass is 16.5. The Morgan fingerprint density at radius 2 is 1.10 bits per heavy atom. The molecule has 61 heavy (non-hydrogen) atoms. The molecule has 4 N–H and O–H groups in total. The summed E-state index contributed by atoms with van der Waals surface area (Å²) in [6, 6.07) is 14.9. The monoisotopic (exact) mass is 846 g/mol. The van der Waals surface area contributed by atoms with Gasteiger partial charge in [0.25, 0.3) is 0 Å². The van der Waals surface area contributed by atoms with Crippen molar-refractivity contribution in [3.05, 3.63) is 59.7 Å². The zero-order valence-corrected chi connectivity index (χ0v) is 39.0. The van der Waals surface area contributed by atoms with Crippen molar-refractivity contribution in [2.24, 2.45) is 10.8 Å². The van der Waals surface area contributed by atoms with E-state index in [1.165, 1.54) is 89.9 Å². The number of rotatable bonds is 31. The summed E-state index contributed by atoms with van der Waals surface area (Å²) in [6.45, 7) is 14.0. The summed E-state index contributed by atoms with van der Waals surface area (Å²) in [6.07, 6.45) is 23.5. The van der Waals surface area contributed by atoms with Gasteiger partial charge in [0.05, 0.1) is 0 Å². The molecule has 0 unspecified atom stereocenters. The van der Waals surface area contributed by atoms with Crippen LogP contribution in [0.25, 0.3) is 11.1 Å². The number of aliphatic carboxylic acids is 1. The van der Waals surface area contributed by atoms with E-state index >= 15 is 0 Å². The highest BCUT2D eigenvalue weighted by molar-refractivity contribution is 5.81. The molecule has 0 spiro atoms. The lowest BCUT2D eigenvalue weighted by atomic mass is 9.86. The molecule has 3 rings (SSSR count). The summed E-state index contributed by atoms with van der Waals surface area (Å²) < 4.78 is 5.55. The maximum atomic E-state index is 12.9. The SMILES string of the molecule is CC(C)(C)CCCCCCCCCCCCCCCCCC(=O)N[C@@H](CCC(=O)NCCCC[C@H](NC(=O)OCC1c2ccccc2-c2ccccc21)C(=O)O)CC(C)(C)C. The van der Waals surface area contributed by atoms with Crippen LogP contribution in [0.3, 0.4) is 0 Å². The lowest BCUT2D eigenvalue weighted by Gasteiger charge is -2.27. The van der Waals surface area contributed by atoms with Crippen molar-refractivity contribution in [2.75, 3.05) is 13.2 Å². The molecule has 2 atom stereocenters. The largest absolute Gasteiger partial charge is 0.480 e. The normalized spacial score (nSPS) is 13.5. The van der Waals surface area contributed by atoms with Gasteiger partial charge in [0.1, 0.15) is 12.6 Å². The Morgan fingerprint density at radius 3 is 1.61 bits per heavy atom. The second-order valence-corrected chi connectivity index (χ2v) is 20.1. The highest BCUT2D eigenvalue weighted by Gasteiger charge is 2.30. The standard InChI is InChI=1S/C52H83N3O6/c1-51(2,3)36-26-19-17-15-13-11-9-7-8-10-12-14-16-18-20-33-48(57)54-40(38-52(4,5)6)34-35-47(56)53-37-27-25-32-46(49(58)59)55-50(60)61-39-45-43-30-23-21-28-41(43)42-29-22-24-31-44(42)45/h21-24,28-31,40,45-46H,7-20,25-27,32-39H2,1-6H3,(H,53,56)(H,54,57)(H,55,60)(H,58,59)/t40-,46-/m0/s1. The summed E-state index contributed by atoms with van der Waals surface area (Å²) in [5.74, 6) is -1.26. The van der Waals surface area contributed by atoms with E-state index in [1.54, 1.807) is 0 Å². The Labute approximate surface area is 369 Å².